The van der Waals surface area contributed by atoms with Gasteiger partial charge in [0, 0.05) is 0 Å². The van der Waals surface area contributed by atoms with E-state index >= 15 is 0 Å². The molecule has 2 rings (SSSR count). The number of hydrogen-bond acceptors (Lipinski definition) is 12. The quantitative estimate of drug-likeness (QED) is 0.222. The van der Waals surface area contributed by atoms with Gasteiger partial charge in [-0.05, 0) is 0 Å². The summed E-state index contributed by atoms with van der Waals surface area (Å²) < 4.78 is 14.7. The highest BCUT2D eigenvalue weighted by atomic mass is 16.8. The first-order valence-corrected chi connectivity index (χ1v) is 7.70. The molecule has 0 aromatic heterocycles. The van der Waals surface area contributed by atoms with E-state index in [9.17, 15) is 35.4 Å². The van der Waals surface area contributed by atoms with Gasteiger partial charge in [-0.2, -0.15) is 5.32 Å². The molecule has 13 heteroatoms. The van der Waals surface area contributed by atoms with Gasteiger partial charge in [-0.3, -0.25) is 0 Å². The molecule has 9 atom stereocenters. The zero-order valence-electron chi connectivity index (χ0n) is 13.4. The smallest absolute Gasteiger partial charge is 0.410 e. The van der Waals surface area contributed by atoms with E-state index < -0.39 is 80.7 Å². The number of carbonyl (C=O) groups is 1. The Kier molecular flexibility index (Phi) is 6.73. The van der Waals surface area contributed by atoms with Gasteiger partial charge in [-0.1, -0.05) is 0 Å². The first-order valence-electron chi connectivity index (χ1n) is 7.70. The SMILES string of the molecule is O=C([N][C@H]1O[C@H](CO)[C@@H](O)[C@H](O)[C@H]1O)O[C@@]1(CO)O[C@H](CO)[C@@H](O)[C@@H]1O. The maximum Gasteiger partial charge on any atom is 0.434 e. The Hall–Kier alpha value is -1.13. The first kappa shape index (κ1) is 21.2. The molecule has 13 nitrogen and oxygen atoms in total. The summed E-state index contributed by atoms with van der Waals surface area (Å²) in [5.74, 6) is -2.42. The van der Waals surface area contributed by atoms with Gasteiger partial charge in [0.15, 0.2) is 12.3 Å². The molecule has 0 unspecified atom stereocenters. The molecule has 0 aliphatic carbocycles. The average Bonchev–Trinajstić information content (AvgIpc) is 2.87. The van der Waals surface area contributed by atoms with E-state index in [1.54, 1.807) is 0 Å². The van der Waals surface area contributed by atoms with Crippen molar-refractivity contribution in [1.82, 2.24) is 5.32 Å². The molecule has 2 saturated heterocycles. The molecular formula is C13H22NO12. The van der Waals surface area contributed by atoms with Crippen LogP contribution in [0.5, 0.6) is 0 Å². The Morgan fingerprint density at radius 2 is 1.54 bits per heavy atom. The standard InChI is InChI=1S/C13H22NO12/c15-1-4-6(18)8(20)9(21)11(24-4)14-12(23)26-13(3-17)10(22)7(19)5(2-16)25-13/h4-11,15-22H,1-3H2/t4-,5-,6-,7-,8+,9-,10+,11+,13-/m1/s1. The van der Waals surface area contributed by atoms with Gasteiger partial charge in [0.25, 0.3) is 5.79 Å². The zero-order valence-corrected chi connectivity index (χ0v) is 13.4. The second-order valence-corrected chi connectivity index (χ2v) is 5.96. The summed E-state index contributed by atoms with van der Waals surface area (Å²) >= 11 is 0. The molecule has 2 fully saturated rings. The molecule has 0 bridgehead atoms. The molecule has 0 spiro atoms. The van der Waals surface area contributed by atoms with Crippen molar-refractivity contribution in [2.24, 2.45) is 0 Å². The fraction of sp³-hybridized carbons (Fsp3) is 0.923. The number of nitrogens with zero attached hydrogens (tertiary/aromatic N) is 1. The van der Waals surface area contributed by atoms with Gasteiger partial charge in [-0.15, -0.1) is 0 Å². The Morgan fingerprint density at radius 3 is 2.04 bits per heavy atom. The summed E-state index contributed by atoms with van der Waals surface area (Å²) in [5.41, 5.74) is 0. The lowest BCUT2D eigenvalue weighted by Crippen LogP contribution is -2.62. The largest absolute Gasteiger partial charge is 0.434 e. The molecule has 151 valence electrons. The highest BCUT2D eigenvalue weighted by Gasteiger charge is 2.57. The third-order valence-electron chi connectivity index (χ3n) is 4.27. The molecule has 2 aliphatic heterocycles. The highest BCUT2D eigenvalue weighted by molar-refractivity contribution is 5.67. The maximum atomic E-state index is 12.0. The Balaban J connectivity index is 2.05. The fourth-order valence-electron chi connectivity index (χ4n) is 2.72. The lowest BCUT2D eigenvalue weighted by Gasteiger charge is -2.39. The van der Waals surface area contributed by atoms with Crippen LogP contribution in [0.1, 0.15) is 0 Å². The number of hydrogen-bond donors (Lipinski definition) is 8. The topological polar surface area (TPSA) is 221 Å². The molecule has 2 heterocycles. The van der Waals surface area contributed by atoms with Crippen molar-refractivity contribution in [2.45, 2.75) is 54.7 Å². The van der Waals surface area contributed by atoms with E-state index in [1.165, 1.54) is 0 Å². The van der Waals surface area contributed by atoms with Crippen molar-refractivity contribution >= 4 is 6.09 Å². The first-order chi connectivity index (χ1) is 12.2. The van der Waals surface area contributed by atoms with E-state index in [2.05, 4.69) is 5.32 Å². The monoisotopic (exact) mass is 384 g/mol. The molecule has 0 aromatic rings. The minimum absolute atomic E-state index is 0.735. The van der Waals surface area contributed by atoms with Crippen LogP contribution in [0.3, 0.4) is 0 Å². The summed E-state index contributed by atoms with van der Waals surface area (Å²) in [4.78, 5) is 12.0. The maximum absolute atomic E-state index is 12.0. The van der Waals surface area contributed by atoms with Crippen LogP contribution in [-0.2, 0) is 14.2 Å². The normalized spacial score (nSPS) is 46.2. The molecule has 1 radical (unpaired) electrons. The van der Waals surface area contributed by atoms with E-state index in [0.717, 1.165) is 0 Å². The molecule has 26 heavy (non-hydrogen) atoms. The Bertz CT molecular complexity index is 492. The molecule has 0 aromatic carbocycles. The third kappa shape index (κ3) is 3.77. The van der Waals surface area contributed by atoms with Crippen molar-refractivity contribution in [3.63, 3.8) is 0 Å². The third-order valence-corrected chi connectivity index (χ3v) is 4.27. The number of aliphatic hydroxyl groups excluding tert-OH is 8. The van der Waals surface area contributed by atoms with Crippen LogP contribution in [0.15, 0.2) is 0 Å². The van der Waals surface area contributed by atoms with Crippen molar-refractivity contribution in [1.29, 1.82) is 0 Å². The summed E-state index contributed by atoms with van der Waals surface area (Å²) in [6.07, 6.45) is -14.7. The molecule has 0 saturated carbocycles. The molecular weight excluding hydrogens is 362 g/mol. The fourth-order valence-corrected chi connectivity index (χ4v) is 2.72. The average molecular weight is 384 g/mol. The number of rotatable bonds is 5. The van der Waals surface area contributed by atoms with E-state index in [4.69, 9.17) is 24.4 Å². The van der Waals surface area contributed by atoms with Crippen molar-refractivity contribution in [3.05, 3.63) is 0 Å². The van der Waals surface area contributed by atoms with Gasteiger partial charge >= 0.3 is 6.09 Å². The molecule has 2 aliphatic rings. The summed E-state index contributed by atoms with van der Waals surface area (Å²) in [6.45, 7) is -2.56. The van der Waals surface area contributed by atoms with Crippen molar-refractivity contribution < 1.29 is 59.9 Å². The van der Waals surface area contributed by atoms with Crippen LogP contribution < -0.4 is 5.32 Å². The van der Waals surface area contributed by atoms with Crippen molar-refractivity contribution in [3.8, 4) is 0 Å². The number of carbonyl (C=O) groups excluding carboxylic acids is 1. The van der Waals surface area contributed by atoms with Gasteiger partial charge in [0.2, 0.25) is 0 Å². The second kappa shape index (κ2) is 8.26. The lowest BCUT2D eigenvalue weighted by molar-refractivity contribution is -0.255. The molecule has 1 amide bonds. The van der Waals surface area contributed by atoms with Gasteiger partial charge in [0.05, 0.1) is 13.2 Å². The minimum atomic E-state index is -2.42. The van der Waals surface area contributed by atoms with Crippen molar-refractivity contribution in [2.75, 3.05) is 19.8 Å². The van der Waals surface area contributed by atoms with Gasteiger partial charge < -0.3 is 55.1 Å². The minimum Gasteiger partial charge on any atom is -0.410 e. The summed E-state index contributed by atoms with van der Waals surface area (Å²) in [5, 5.41) is 79.6. The van der Waals surface area contributed by atoms with E-state index in [1.807, 2.05) is 0 Å². The number of ether oxygens (including phenoxy) is 3. The highest BCUT2D eigenvalue weighted by Crippen LogP contribution is 2.32. The number of amides is 1. The van der Waals surface area contributed by atoms with Gasteiger partial charge in [-0.25, -0.2) is 4.79 Å². The predicted octanol–water partition coefficient (Wildman–Crippen LogP) is -5.67. The van der Waals surface area contributed by atoms with E-state index in [0.29, 0.717) is 0 Å². The van der Waals surface area contributed by atoms with Crippen LogP contribution in [0.4, 0.5) is 4.79 Å². The predicted molar refractivity (Wildman–Crippen MR) is 76.2 cm³/mol. The van der Waals surface area contributed by atoms with Gasteiger partial charge in [0.1, 0.15) is 43.2 Å². The van der Waals surface area contributed by atoms with Crippen LogP contribution in [0.25, 0.3) is 0 Å². The van der Waals surface area contributed by atoms with Crippen LogP contribution in [-0.4, -0.2) is 122 Å². The van der Waals surface area contributed by atoms with Crippen LogP contribution in [0, 0.1) is 0 Å². The number of aliphatic hydroxyl groups is 8. The second-order valence-electron chi connectivity index (χ2n) is 5.96. The Labute approximate surface area is 147 Å². The lowest BCUT2D eigenvalue weighted by atomic mass is 9.98. The molecule has 8 N–H and O–H groups in total. The summed E-state index contributed by atoms with van der Waals surface area (Å²) in [7, 11) is 0. The van der Waals surface area contributed by atoms with E-state index in [-0.39, 0.29) is 0 Å². The van der Waals surface area contributed by atoms with Crippen LogP contribution >= 0.6 is 0 Å². The van der Waals surface area contributed by atoms with Crippen LogP contribution in [0.2, 0.25) is 0 Å². The summed E-state index contributed by atoms with van der Waals surface area (Å²) in [6, 6.07) is 0. The Morgan fingerprint density at radius 1 is 0.923 bits per heavy atom. The zero-order chi connectivity index (χ0) is 19.6.